The van der Waals surface area contributed by atoms with Crippen molar-refractivity contribution in [2.75, 3.05) is 13.2 Å². The molecule has 2 unspecified atom stereocenters. The molecule has 1 aromatic rings. The van der Waals surface area contributed by atoms with Crippen LogP contribution < -0.4 is 5.73 Å². The van der Waals surface area contributed by atoms with E-state index in [0.717, 1.165) is 25.0 Å². The van der Waals surface area contributed by atoms with Crippen LogP contribution in [0.1, 0.15) is 24.8 Å². The van der Waals surface area contributed by atoms with Crippen LogP contribution in [0.25, 0.3) is 0 Å². The van der Waals surface area contributed by atoms with Crippen molar-refractivity contribution in [2.24, 2.45) is 5.73 Å². The SMILES string of the molecule is NCC(CC1CCCO1)(C(=O)O)c1ccccc1. The molecule has 98 valence electrons. The van der Waals surface area contributed by atoms with Crippen molar-refractivity contribution in [1.29, 1.82) is 0 Å². The molecule has 0 radical (unpaired) electrons. The van der Waals surface area contributed by atoms with Gasteiger partial charge in [-0.1, -0.05) is 30.3 Å². The third kappa shape index (κ3) is 2.40. The first kappa shape index (κ1) is 13.1. The van der Waals surface area contributed by atoms with Crippen LogP contribution in [0.15, 0.2) is 30.3 Å². The van der Waals surface area contributed by atoms with Crippen LogP contribution in [-0.4, -0.2) is 30.3 Å². The molecule has 1 aliphatic heterocycles. The minimum absolute atomic E-state index is 0.00450. The number of carboxylic acid groups (broad SMARTS) is 1. The number of carbonyl (C=O) groups is 1. The third-order valence-corrected chi connectivity index (χ3v) is 3.68. The highest BCUT2D eigenvalue weighted by Crippen LogP contribution is 2.32. The average molecular weight is 249 g/mol. The van der Waals surface area contributed by atoms with Gasteiger partial charge in [0, 0.05) is 13.2 Å². The highest BCUT2D eigenvalue weighted by Gasteiger charge is 2.42. The molecule has 4 nitrogen and oxygen atoms in total. The van der Waals surface area contributed by atoms with E-state index in [1.54, 1.807) is 0 Å². The standard InChI is InChI=1S/C14H19NO3/c15-10-14(13(16)17,9-12-7-4-8-18-12)11-5-2-1-3-6-11/h1-3,5-6,12H,4,7-10,15H2,(H,16,17). The average Bonchev–Trinajstić information content (AvgIpc) is 2.89. The van der Waals surface area contributed by atoms with E-state index in [0.29, 0.717) is 6.42 Å². The van der Waals surface area contributed by atoms with Crippen molar-refractivity contribution in [3.05, 3.63) is 35.9 Å². The third-order valence-electron chi connectivity index (χ3n) is 3.68. The van der Waals surface area contributed by atoms with Crippen molar-refractivity contribution < 1.29 is 14.6 Å². The molecular weight excluding hydrogens is 230 g/mol. The summed E-state index contributed by atoms with van der Waals surface area (Å²) in [4.78, 5) is 11.7. The maximum atomic E-state index is 11.7. The summed E-state index contributed by atoms with van der Waals surface area (Å²) in [5, 5.41) is 9.60. The summed E-state index contributed by atoms with van der Waals surface area (Å²) in [6, 6.07) is 9.22. The Morgan fingerprint density at radius 2 is 2.17 bits per heavy atom. The lowest BCUT2D eigenvalue weighted by molar-refractivity contribution is -0.145. The first-order valence-corrected chi connectivity index (χ1v) is 6.29. The summed E-state index contributed by atoms with van der Waals surface area (Å²) >= 11 is 0. The topological polar surface area (TPSA) is 72.5 Å². The predicted octanol–water partition coefficient (Wildman–Crippen LogP) is 1.54. The Bertz CT molecular complexity index is 401. The molecule has 1 aliphatic rings. The quantitative estimate of drug-likeness (QED) is 0.830. The molecule has 2 atom stereocenters. The summed E-state index contributed by atoms with van der Waals surface area (Å²) in [5.74, 6) is -0.869. The minimum Gasteiger partial charge on any atom is -0.481 e. The zero-order chi connectivity index (χ0) is 13.0. The Labute approximate surface area is 107 Å². The van der Waals surface area contributed by atoms with Gasteiger partial charge >= 0.3 is 5.97 Å². The first-order chi connectivity index (χ1) is 8.69. The van der Waals surface area contributed by atoms with Gasteiger partial charge in [0.1, 0.15) is 5.41 Å². The fraction of sp³-hybridized carbons (Fsp3) is 0.500. The van der Waals surface area contributed by atoms with Crippen LogP contribution >= 0.6 is 0 Å². The van der Waals surface area contributed by atoms with Gasteiger partial charge in [0.2, 0.25) is 0 Å². The van der Waals surface area contributed by atoms with Gasteiger partial charge in [0.05, 0.1) is 6.10 Å². The number of carboxylic acids is 1. The van der Waals surface area contributed by atoms with Crippen molar-refractivity contribution in [2.45, 2.75) is 30.8 Å². The van der Waals surface area contributed by atoms with E-state index in [-0.39, 0.29) is 12.6 Å². The Morgan fingerprint density at radius 1 is 1.44 bits per heavy atom. The van der Waals surface area contributed by atoms with Gasteiger partial charge in [-0.15, -0.1) is 0 Å². The van der Waals surface area contributed by atoms with Crippen LogP contribution in [0.4, 0.5) is 0 Å². The van der Waals surface area contributed by atoms with Crippen LogP contribution in [0.2, 0.25) is 0 Å². The van der Waals surface area contributed by atoms with Crippen LogP contribution in [0, 0.1) is 0 Å². The molecule has 0 amide bonds. The highest BCUT2D eigenvalue weighted by atomic mass is 16.5. The maximum absolute atomic E-state index is 11.7. The summed E-state index contributed by atoms with van der Waals surface area (Å²) in [6.07, 6.45) is 2.37. The molecule has 0 aromatic heterocycles. The minimum atomic E-state index is -1.03. The van der Waals surface area contributed by atoms with Gasteiger partial charge in [-0.3, -0.25) is 4.79 Å². The molecule has 1 heterocycles. The molecule has 0 saturated carbocycles. The Morgan fingerprint density at radius 3 is 2.67 bits per heavy atom. The number of hydrogen-bond acceptors (Lipinski definition) is 3. The number of rotatable bonds is 5. The molecule has 1 aromatic carbocycles. The van der Waals surface area contributed by atoms with Crippen molar-refractivity contribution >= 4 is 5.97 Å². The number of nitrogens with two attached hydrogens (primary N) is 1. The largest absolute Gasteiger partial charge is 0.481 e. The van der Waals surface area contributed by atoms with Crippen LogP contribution in [-0.2, 0) is 14.9 Å². The number of hydrogen-bond donors (Lipinski definition) is 2. The van der Waals surface area contributed by atoms with E-state index in [2.05, 4.69) is 0 Å². The normalized spacial score (nSPS) is 22.6. The number of ether oxygens (including phenoxy) is 1. The summed E-state index contributed by atoms with van der Waals surface area (Å²) < 4.78 is 5.56. The van der Waals surface area contributed by atoms with Crippen LogP contribution in [0.5, 0.6) is 0 Å². The fourth-order valence-electron chi connectivity index (χ4n) is 2.57. The van der Waals surface area contributed by atoms with E-state index in [4.69, 9.17) is 10.5 Å². The molecule has 2 rings (SSSR count). The molecule has 4 heteroatoms. The lowest BCUT2D eigenvalue weighted by Crippen LogP contribution is -2.45. The van der Waals surface area contributed by atoms with Gasteiger partial charge in [-0.2, -0.15) is 0 Å². The zero-order valence-electron chi connectivity index (χ0n) is 10.3. The molecule has 1 saturated heterocycles. The second kappa shape index (κ2) is 5.50. The highest BCUT2D eigenvalue weighted by molar-refractivity contribution is 5.81. The molecule has 18 heavy (non-hydrogen) atoms. The van der Waals surface area contributed by atoms with Crippen LogP contribution in [0.3, 0.4) is 0 Å². The Balaban J connectivity index is 2.30. The van der Waals surface area contributed by atoms with E-state index < -0.39 is 11.4 Å². The Hall–Kier alpha value is -1.39. The zero-order valence-corrected chi connectivity index (χ0v) is 10.3. The van der Waals surface area contributed by atoms with Gasteiger partial charge in [-0.05, 0) is 24.8 Å². The molecule has 0 aliphatic carbocycles. The van der Waals surface area contributed by atoms with E-state index >= 15 is 0 Å². The van der Waals surface area contributed by atoms with Gasteiger partial charge in [-0.25, -0.2) is 0 Å². The predicted molar refractivity (Wildman–Crippen MR) is 68.4 cm³/mol. The molecular formula is C14H19NO3. The van der Waals surface area contributed by atoms with Gasteiger partial charge in [0.25, 0.3) is 0 Å². The maximum Gasteiger partial charge on any atom is 0.315 e. The van der Waals surface area contributed by atoms with Crippen molar-refractivity contribution in [3.63, 3.8) is 0 Å². The lowest BCUT2D eigenvalue weighted by atomic mass is 9.75. The smallest absolute Gasteiger partial charge is 0.315 e. The summed E-state index contributed by atoms with van der Waals surface area (Å²) in [7, 11) is 0. The van der Waals surface area contributed by atoms with E-state index in [1.165, 1.54) is 0 Å². The number of aliphatic carboxylic acids is 1. The molecule has 0 spiro atoms. The molecule has 3 N–H and O–H groups in total. The van der Waals surface area contributed by atoms with E-state index in [9.17, 15) is 9.90 Å². The molecule has 1 fully saturated rings. The van der Waals surface area contributed by atoms with E-state index in [1.807, 2.05) is 30.3 Å². The molecule has 0 bridgehead atoms. The van der Waals surface area contributed by atoms with Crippen molar-refractivity contribution in [3.8, 4) is 0 Å². The second-order valence-electron chi connectivity index (χ2n) is 4.80. The van der Waals surface area contributed by atoms with Crippen molar-refractivity contribution in [1.82, 2.24) is 0 Å². The second-order valence-corrected chi connectivity index (χ2v) is 4.80. The van der Waals surface area contributed by atoms with Gasteiger partial charge in [0.15, 0.2) is 0 Å². The Kier molecular flexibility index (Phi) is 3.99. The first-order valence-electron chi connectivity index (χ1n) is 6.29. The summed E-state index contributed by atoms with van der Waals surface area (Å²) in [6.45, 7) is 0.811. The number of benzene rings is 1. The fourth-order valence-corrected chi connectivity index (χ4v) is 2.57. The summed E-state index contributed by atoms with van der Waals surface area (Å²) in [5.41, 5.74) is 5.51. The van der Waals surface area contributed by atoms with Gasteiger partial charge < -0.3 is 15.6 Å². The lowest BCUT2D eigenvalue weighted by Gasteiger charge is -2.30. The monoisotopic (exact) mass is 249 g/mol.